The maximum Gasteiger partial charge on any atom is 0.341 e. The van der Waals surface area contributed by atoms with Gasteiger partial charge in [-0.25, -0.2) is 14.6 Å². The highest BCUT2D eigenvalue weighted by atomic mass is 16.5. The SMILES string of the molecule is CCCCc1ccc2nc(OCC(=O)O)c(C(=O)O)c(-c3ccccc3)c2c1. The molecule has 0 saturated heterocycles. The van der Waals surface area contributed by atoms with Gasteiger partial charge in [-0.05, 0) is 36.1 Å². The minimum Gasteiger partial charge on any atom is -0.479 e. The van der Waals surface area contributed by atoms with E-state index in [0.717, 1.165) is 24.8 Å². The molecule has 2 N–H and O–H groups in total. The first-order valence-corrected chi connectivity index (χ1v) is 9.11. The Morgan fingerprint density at radius 3 is 2.46 bits per heavy atom. The molecule has 0 amide bonds. The summed E-state index contributed by atoms with van der Waals surface area (Å²) in [6, 6.07) is 14.9. The van der Waals surface area contributed by atoms with Crippen LogP contribution in [0, 0.1) is 0 Å². The third-order valence-electron chi connectivity index (χ3n) is 4.44. The summed E-state index contributed by atoms with van der Waals surface area (Å²) < 4.78 is 5.23. The van der Waals surface area contributed by atoms with Crippen LogP contribution < -0.4 is 4.74 Å². The molecule has 0 spiro atoms. The molecule has 0 atom stereocenters. The predicted octanol–water partition coefficient (Wildman–Crippen LogP) is 4.41. The number of carboxylic acid groups (broad SMARTS) is 2. The van der Waals surface area contributed by atoms with E-state index < -0.39 is 18.5 Å². The monoisotopic (exact) mass is 379 g/mol. The number of aliphatic carboxylic acids is 1. The maximum absolute atomic E-state index is 12.1. The average Bonchev–Trinajstić information content (AvgIpc) is 2.69. The lowest BCUT2D eigenvalue weighted by Gasteiger charge is -2.15. The van der Waals surface area contributed by atoms with E-state index in [1.54, 1.807) is 0 Å². The van der Waals surface area contributed by atoms with Crippen molar-refractivity contribution in [1.29, 1.82) is 0 Å². The highest BCUT2D eigenvalue weighted by Gasteiger charge is 2.24. The first-order chi connectivity index (χ1) is 13.5. The van der Waals surface area contributed by atoms with E-state index >= 15 is 0 Å². The number of benzene rings is 2. The summed E-state index contributed by atoms with van der Waals surface area (Å²) in [4.78, 5) is 27.3. The van der Waals surface area contributed by atoms with Crippen molar-refractivity contribution in [2.45, 2.75) is 26.2 Å². The lowest BCUT2D eigenvalue weighted by atomic mass is 9.94. The Kier molecular flexibility index (Phi) is 5.89. The van der Waals surface area contributed by atoms with Gasteiger partial charge in [0.2, 0.25) is 5.88 Å². The molecule has 144 valence electrons. The quantitative estimate of drug-likeness (QED) is 0.602. The molecule has 6 nitrogen and oxygen atoms in total. The van der Waals surface area contributed by atoms with Crippen molar-refractivity contribution in [3.05, 3.63) is 59.7 Å². The zero-order valence-electron chi connectivity index (χ0n) is 15.5. The number of aromatic nitrogens is 1. The van der Waals surface area contributed by atoms with E-state index in [1.165, 1.54) is 0 Å². The van der Waals surface area contributed by atoms with Gasteiger partial charge < -0.3 is 14.9 Å². The minimum atomic E-state index is -1.22. The Hall–Kier alpha value is -3.41. The number of nitrogens with zero attached hydrogens (tertiary/aromatic N) is 1. The summed E-state index contributed by atoms with van der Waals surface area (Å²) in [5, 5.41) is 19.5. The highest BCUT2D eigenvalue weighted by Crippen LogP contribution is 2.37. The number of carboxylic acids is 2. The molecule has 0 aliphatic heterocycles. The Labute approximate surface area is 162 Å². The highest BCUT2D eigenvalue weighted by molar-refractivity contribution is 6.08. The Morgan fingerprint density at radius 1 is 1.07 bits per heavy atom. The Bertz CT molecular complexity index is 1010. The van der Waals surface area contributed by atoms with Crippen LogP contribution in [0.3, 0.4) is 0 Å². The van der Waals surface area contributed by atoms with Crippen LogP contribution in [0.15, 0.2) is 48.5 Å². The van der Waals surface area contributed by atoms with Crippen LogP contribution in [-0.4, -0.2) is 33.7 Å². The summed E-state index contributed by atoms with van der Waals surface area (Å²) in [5.41, 5.74) is 2.72. The third-order valence-corrected chi connectivity index (χ3v) is 4.44. The number of hydrogen-bond acceptors (Lipinski definition) is 4. The van der Waals surface area contributed by atoms with Gasteiger partial charge in [-0.3, -0.25) is 0 Å². The van der Waals surface area contributed by atoms with Gasteiger partial charge in [0, 0.05) is 10.9 Å². The second kappa shape index (κ2) is 8.52. The molecule has 0 aliphatic carbocycles. The summed E-state index contributed by atoms with van der Waals surface area (Å²) in [5.74, 6) is -2.61. The van der Waals surface area contributed by atoms with Crippen LogP contribution >= 0.6 is 0 Å². The molecule has 0 aliphatic rings. The zero-order chi connectivity index (χ0) is 20.1. The van der Waals surface area contributed by atoms with Gasteiger partial charge in [-0.15, -0.1) is 0 Å². The van der Waals surface area contributed by atoms with E-state index in [0.29, 0.717) is 22.0 Å². The average molecular weight is 379 g/mol. The second-order valence-corrected chi connectivity index (χ2v) is 6.48. The molecule has 1 aromatic heterocycles. The molecule has 3 rings (SSSR count). The lowest BCUT2D eigenvalue weighted by Crippen LogP contribution is -2.14. The van der Waals surface area contributed by atoms with Gasteiger partial charge in [-0.2, -0.15) is 0 Å². The van der Waals surface area contributed by atoms with Crippen molar-refractivity contribution in [2.75, 3.05) is 6.61 Å². The standard InChI is InChI=1S/C22H21NO5/c1-2-3-7-14-10-11-17-16(12-14)19(15-8-5-4-6-9-15)20(22(26)27)21(23-17)28-13-18(24)25/h4-6,8-12H,2-3,7,13H2,1H3,(H,24,25)(H,26,27). The van der Waals surface area contributed by atoms with Gasteiger partial charge >= 0.3 is 11.9 Å². The van der Waals surface area contributed by atoms with Crippen molar-refractivity contribution in [3.8, 4) is 17.0 Å². The van der Waals surface area contributed by atoms with Crippen molar-refractivity contribution < 1.29 is 24.5 Å². The molecule has 0 bridgehead atoms. The van der Waals surface area contributed by atoms with Gasteiger partial charge in [0.05, 0.1) is 5.52 Å². The molecule has 0 radical (unpaired) electrons. The largest absolute Gasteiger partial charge is 0.479 e. The predicted molar refractivity (Wildman–Crippen MR) is 106 cm³/mol. The fraction of sp³-hybridized carbons (Fsp3) is 0.227. The van der Waals surface area contributed by atoms with Crippen molar-refractivity contribution >= 4 is 22.8 Å². The van der Waals surface area contributed by atoms with E-state index in [2.05, 4.69) is 11.9 Å². The Morgan fingerprint density at radius 2 is 1.82 bits per heavy atom. The van der Waals surface area contributed by atoms with E-state index in [-0.39, 0.29) is 11.4 Å². The molecule has 6 heteroatoms. The van der Waals surface area contributed by atoms with Gasteiger partial charge in [0.15, 0.2) is 6.61 Å². The molecular weight excluding hydrogens is 358 g/mol. The summed E-state index contributed by atoms with van der Waals surface area (Å²) in [6.07, 6.45) is 2.98. The lowest BCUT2D eigenvalue weighted by molar-refractivity contribution is -0.139. The molecule has 0 unspecified atom stereocenters. The Balaban J connectivity index is 2.30. The van der Waals surface area contributed by atoms with Crippen molar-refractivity contribution in [1.82, 2.24) is 4.98 Å². The first-order valence-electron chi connectivity index (χ1n) is 9.11. The van der Waals surface area contributed by atoms with Crippen LogP contribution in [-0.2, 0) is 11.2 Å². The number of aromatic carboxylic acids is 1. The number of unbranched alkanes of at least 4 members (excludes halogenated alkanes) is 1. The molecule has 0 fully saturated rings. The number of hydrogen-bond donors (Lipinski definition) is 2. The van der Waals surface area contributed by atoms with Crippen LogP contribution in [0.2, 0.25) is 0 Å². The first kappa shape index (κ1) is 19.4. The number of aryl methyl sites for hydroxylation is 1. The molecular formula is C22H21NO5. The fourth-order valence-corrected chi connectivity index (χ4v) is 3.16. The van der Waals surface area contributed by atoms with Crippen molar-refractivity contribution in [3.63, 3.8) is 0 Å². The second-order valence-electron chi connectivity index (χ2n) is 6.48. The third kappa shape index (κ3) is 4.11. The van der Waals surface area contributed by atoms with Crippen LogP contribution in [0.5, 0.6) is 5.88 Å². The molecule has 0 saturated carbocycles. The number of carbonyl (C=O) groups is 2. The van der Waals surface area contributed by atoms with E-state index in [1.807, 2.05) is 48.5 Å². The van der Waals surface area contributed by atoms with Gasteiger partial charge in [-0.1, -0.05) is 49.7 Å². The van der Waals surface area contributed by atoms with Crippen LogP contribution in [0.1, 0.15) is 35.7 Å². The molecule has 3 aromatic rings. The normalized spacial score (nSPS) is 10.8. The minimum absolute atomic E-state index is 0.132. The molecule has 28 heavy (non-hydrogen) atoms. The van der Waals surface area contributed by atoms with Crippen LogP contribution in [0.25, 0.3) is 22.0 Å². The van der Waals surface area contributed by atoms with E-state index in [9.17, 15) is 14.7 Å². The maximum atomic E-state index is 12.1. The smallest absolute Gasteiger partial charge is 0.341 e. The number of ether oxygens (including phenoxy) is 1. The summed E-state index contributed by atoms with van der Waals surface area (Å²) >= 11 is 0. The number of rotatable bonds is 8. The summed E-state index contributed by atoms with van der Waals surface area (Å²) in [7, 11) is 0. The fourth-order valence-electron chi connectivity index (χ4n) is 3.16. The van der Waals surface area contributed by atoms with Crippen molar-refractivity contribution in [2.24, 2.45) is 0 Å². The van der Waals surface area contributed by atoms with Gasteiger partial charge in [0.1, 0.15) is 5.56 Å². The molecule has 2 aromatic carbocycles. The number of fused-ring (bicyclic) bond motifs is 1. The molecule has 1 heterocycles. The van der Waals surface area contributed by atoms with E-state index in [4.69, 9.17) is 9.84 Å². The topological polar surface area (TPSA) is 96.7 Å². The summed E-state index contributed by atoms with van der Waals surface area (Å²) in [6.45, 7) is 1.45. The van der Waals surface area contributed by atoms with Crippen LogP contribution in [0.4, 0.5) is 0 Å². The zero-order valence-corrected chi connectivity index (χ0v) is 15.5. The number of pyridine rings is 1. The van der Waals surface area contributed by atoms with Gasteiger partial charge in [0.25, 0.3) is 0 Å².